The van der Waals surface area contributed by atoms with Crippen LogP contribution in [0.25, 0.3) is 0 Å². The molecule has 0 saturated carbocycles. The zero-order chi connectivity index (χ0) is 15.7. The van der Waals surface area contributed by atoms with Crippen molar-refractivity contribution in [3.05, 3.63) is 28.2 Å². The van der Waals surface area contributed by atoms with E-state index in [1.54, 1.807) is 0 Å². The highest BCUT2D eigenvalue weighted by atomic mass is 32.1. The van der Waals surface area contributed by atoms with E-state index in [1.807, 2.05) is 23.9 Å². The summed E-state index contributed by atoms with van der Waals surface area (Å²) < 4.78 is 1.85. The Kier molecular flexibility index (Phi) is 3.81. The summed E-state index contributed by atoms with van der Waals surface area (Å²) in [7, 11) is 0. The zero-order valence-electron chi connectivity index (χ0n) is 12.4. The van der Waals surface area contributed by atoms with Crippen molar-refractivity contribution >= 4 is 22.4 Å². The van der Waals surface area contributed by atoms with Crippen LogP contribution < -0.4 is 10.6 Å². The predicted molar refractivity (Wildman–Crippen MR) is 82.7 cm³/mol. The number of nitrogens with one attached hydrogen (secondary N) is 2. The number of aromatic nitrogens is 3. The molecule has 0 fully saturated rings. The average molecular weight is 316 g/mol. The third-order valence-corrected chi connectivity index (χ3v) is 4.61. The number of fused-ring (bicyclic) bond motifs is 1. The van der Waals surface area contributed by atoms with Crippen LogP contribution in [0.15, 0.2) is 5.38 Å². The zero-order valence-corrected chi connectivity index (χ0v) is 13.2. The van der Waals surface area contributed by atoms with Crippen LogP contribution in [0.1, 0.15) is 41.7 Å². The molecule has 7 nitrogen and oxygen atoms in total. The van der Waals surface area contributed by atoms with Crippen LogP contribution in [-0.2, 0) is 6.54 Å². The minimum Gasteiger partial charge on any atom is -0.328 e. The van der Waals surface area contributed by atoms with Crippen LogP contribution >= 0.6 is 11.3 Å². The lowest BCUT2D eigenvalue weighted by atomic mass is 10.1. The summed E-state index contributed by atoms with van der Waals surface area (Å²) in [5.74, 6) is 1.51. The Morgan fingerprint density at radius 3 is 3.14 bits per heavy atom. The van der Waals surface area contributed by atoms with E-state index in [-0.39, 0.29) is 12.1 Å². The van der Waals surface area contributed by atoms with Gasteiger partial charge < -0.3 is 5.32 Å². The van der Waals surface area contributed by atoms with Gasteiger partial charge in [0.1, 0.15) is 22.7 Å². The van der Waals surface area contributed by atoms with E-state index in [9.17, 15) is 4.79 Å². The first kappa shape index (κ1) is 14.5. The molecule has 0 bridgehead atoms. The number of aryl methyl sites for hydroxylation is 3. The number of rotatable bonds is 2. The van der Waals surface area contributed by atoms with Gasteiger partial charge in [-0.2, -0.15) is 10.4 Å². The number of thiophene rings is 1. The van der Waals surface area contributed by atoms with E-state index in [4.69, 9.17) is 5.26 Å². The van der Waals surface area contributed by atoms with Crippen molar-refractivity contribution in [2.24, 2.45) is 0 Å². The molecule has 1 atom stereocenters. The first-order valence-electron chi connectivity index (χ1n) is 7.05. The molecular formula is C14H16N6OS. The molecule has 2 amide bonds. The van der Waals surface area contributed by atoms with Gasteiger partial charge in [-0.15, -0.1) is 11.3 Å². The Hall–Kier alpha value is -2.40. The van der Waals surface area contributed by atoms with E-state index >= 15 is 0 Å². The second kappa shape index (κ2) is 5.77. The van der Waals surface area contributed by atoms with E-state index in [0.29, 0.717) is 16.4 Å². The number of hydrogen-bond acceptors (Lipinski definition) is 5. The van der Waals surface area contributed by atoms with Crippen molar-refractivity contribution < 1.29 is 4.79 Å². The summed E-state index contributed by atoms with van der Waals surface area (Å²) >= 11 is 1.35. The standard InChI is InChI=1S/C14H16N6OS/c1-8-7-22-13(10(8)6-15)18-14(21)17-11-4-3-5-20-12(11)16-9(2)19-20/h7,11H,3-5H2,1-2H3,(H2,17,18,21)/t11-/m0/s1. The van der Waals surface area contributed by atoms with Crippen LogP contribution in [0, 0.1) is 25.2 Å². The van der Waals surface area contributed by atoms with E-state index < -0.39 is 0 Å². The van der Waals surface area contributed by atoms with Gasteiger partial charge in [-0.25, -0.2) is 14.5 Å². The summed E-state index contributed by atoms with van der Waals surface area (Å²) in [5, 5.41) is 21.5. The number of hydrogen-bond donors (Lipinski definition) is 2. The molecule has 8 heteroatoms. The van der Waals surface area contributed by atoms with Gasteiger partial charge in [-0.05, 0) is 37.6 Å². The van der Waals surface area contributed by atoms with E-state index in [1.165, 1.54) is 11.3 Å². The first-order valence-corrected chi connectivity index (χ1v) is 7.93. The lowest BCUT2D eigenvalue weighted by molar-refractivity contribution is 0.244. The summed E-state index contributed by atoms with van der Waals surface area (Å²) in [6.45, 7) is 4.53. The van der Waals surface area contributed by atoms with Crippen LogP contribution in [0.3, 0.4) is 0 Å². The maximum absolute atomic E-state index is 12.2. The number of nitrogens with zero attached hydrogens (tertiary/aromatic N) is 4. The molecule has 0 aliphatic carbocycles. The second-order valence-corrected chi connectivity index (χ2v) is 6.15. The van der Waals surface area contributed by atoms with Gasteiger partial charge in [0.2, 0.25) is 0 Å². The topological polar surface area (TPSA) is 95.6 Å². The maximum atomic E-state index is 12.2. The van der Waals surface area contributed by atoms with Gasteiger partial charge in [0.25, 0.3) is 0 Å². The smallest absolute Gasteiger partial charge is 0.320 e. The highest BCUT2D eigenvalue weighted by Gasteiger charge is 2.25. The second-order valence-electron chi connectivity index (χ2n) is 5.27. The third kappa shape index (κ3) is 2.67. The van der Waals surface area contributed by atoms with Crippen molar-refractivity contribution in [1.82, 2.24) is 20.1 Å². The molecule has 3 heterocycles. The number of anilines is 1. The first-order chi connectivity index (χ1) is 10.6. The van der Waals surface area contributed by atoms with Crippen molar-refractivity contribution in [2.45, 2.75) is 39.3 Å². The molecule has 114 valence electrons. The van der Waals surface area contributed by atoms with Crippen LogP contribution in [0.4, 0.5) is 9.80 Å². The lowest BCUT2D eigenvalue weighted by Gasteiger charge is -2.23. The van der Waals surface area contributed by atoms with Crippen molar-refractivity contribution in [3.63, 3.8) is 0 Å². The highest BCUT2D eigenvalue weighted by Crippen LogP contribution is 2.27. The van der Waals surface area contributed by atoms with Gasteiger partial charge in [0.05, 0.1) is 11.6 Å². The van der Waals surface area contributed by atoms with Gasteiger partial charge in [-0.1, -0.05) is 0 Å². The Morgan fingerprint density at radius 2 is 2.36 bits per heavy atom. The highest BCUT2D eigenvalue weighted by molar-refractivity contribution is 7.14. The van der Waals surface area contributed by atoms with Crippen LogP contribution in [-0.4, -0.2) is 20.8 Å². The summed E-state index contributed by atoms with van der Waals surface area (Å²) in [6, 6.07) is 1.64. The normalized spacial score (nSPS) is 16.7. The average Bonchev–Trinajstić information content (AvgIpc) is 3.01. The summed E-state index contributed by atoms with van der Waals surface area (Å²) in [6.07, 6.45) is 1.78. The van der Waals surface area contributed by atoms with Crippen molar-refractivity contribution in [2.75, 3.05) is 5.32 Å². The maximum Gasteiger partial charge on any atom is 0.320 e. The van der Waals surface area contributed by atoms with Gasteiger partial charge in [-0.3, -0.25) is 5.32 Å². The number of carbonyl (C=O) groups excluding carboxylic acids is 1. The Morgan fingerprint density at radius 1 is 1.55 bits per heavy atom. The fourth-order valence-electron chi connectivity index (χ4n) is 2.58. The molecule has 22 heavy (non-hydrogen) atoms. The number of urea groups is 1. The molecule has 0 aromatic carbocycles. The fourth-order valence-corrected chi connectivity index (χ4v) is 3.47. The van der Waals surface area contributed by atoms with Crippen molar-refractivity contribution in [3.8, 4) is 6.07 Å². The monoisotopic (exact) mass is 316 g/mol. The molecule has 3 rings (SSSR count). The number of nitriles is 1. The Labute approximate surface area is 132 Å². The SMILES string of the molecule is Cc1nc2n(n1)CCC[C@@H]2NC(=O)Nc1scc(C)c1C#N. The Balaban J connectivity index is 1.72. The summed E-state index contributed by atoms with van der Waals surface area (Å²) in [4.78, 5) is 16.6. The van der Waals surface area contributed by atoms with E-state index in [2.05, 4.69) is 26.8 Å². The fraction of sp³-hybridized carbons (Fsp3) is 0.429. The number of amides is 2. The minimum atomic E-state index is -0.322. The lowest BCUT2D eigenvalue weighted by Crippen LogP contribution is -2.36. The number of carbonyl (C=O) groups is 1. The predicted octanol–water partition coefficient (Wildman–Crippen LogP) is 2.48. The minimum absolute atomic E-state index is 0.151. The van der Waals surface area contributed by atoms with Gasteiger partial charge in [0.15, 0.2) is 0 Å². The molecule has 0 radical (unpaired) electrons. The van der Waals surface area contributed by atoms with Gasteiger partial charge in [0, 0.05) is 6.54 Å². The molecule has 2 aromatic rings. The molecule has 1 aliphatic rings. The largest absolute Gasteiger partial charge is 0.328 e. The third-order valence-electron chi connectivity index (χ3n) is 3.60. The Bertz CT molecular complexity index is 756. The van der Waals surface area contributed by atoms with Crippen molar-refractivity contribution in [1.29, 1.82) is 5.26 Å². The molecule has 2 aromatic heterocycles. The van der Waals surface area contributed by atoms with Crippen LogP contribution in [0.2, 0.25) is 0 Å². The van der Waals surface area contributed by atoms with Crippen LogP contribution in [0.5, 0.6) is 0 Å². The van der Waals surface area contributed by atoms with Gasteiger partial charge >= 0.3 is 6.03 Å². The summed E-state index contributed by atoms with van der Waals surface area (Å²) in [5.41, 5.74) is 1.39. The molecule has 0 spiro atoms. The molecule has 0 unspecified atom stereocenters. The van der Waals surface area contributed by atoms with E-state index in [0.717, 1.165) is 30.8 Å². The molecule has 1 aliphatic heterocycles. The molecule has 2 N–H and O–H groups in total. The quantitative estimate of drug-likeness (QED) is 0.889. The molecular weight excluding hydrogens is 300 g/mol. The molecule has 0 saturated heterocycles.